The first-order valence-electron chi connectivity index (χ1n) is 4.19. The fourth-order valence-electron chi connectivity index (χ4n) is 1.15. The van der Waals surface area contributed by atoms with E-state index in [1.54, 1.807) is 13.0 Å². The van der Waals surface area contributed by atoms with Crippen LogP contribution in [0.4, 0.5) is 0 Å². The molecule has 0 amide bonds. The summed E-state index contributed by atoms with van der Waals surface area (Å²) in [4.78, 5) is 21.2. The molecule has 0 aromatic heterocycles. The molecule has 0 aliphatic rings. The first kappa shape index (κ1) is 11.7. The van der Waals surface area contributed by atoms with E-state index >= 15 is 0 Å². The number of aliphatic carboxylic acids is 2. The van der Waals surface area contributed by atoms with Crippen molar-refractivity contribution in [2.75, 3.05) is 0 Å². The molecule has 74 valence electrons. The van der Waals surface area contributed by atoms with Crippen LogP contribution in [-0.2, 0) is 9.59 Å². The molecule has 0 rings (SSSR count). The normalized spacial score (nSPS) is 11.8. The Balaban J connectivity index is 4.80. The second kappa shape index (κ2) is 5.35. The molecule has 0 bridgehead atoms. The second-order valence-electron chi connectivity index (χ2n) is 2.65. The fourth-order valence-corrected chi connectivity index (χ4v) is 1.15. The Labute approximate surface area is 76.9 Å². The first-order chi connectivity index (χ1) is 6.04. The minimum atomic E-state index is -1.38. The van der Waals surface area contributed by atoms with E-state index in [2.05, 4.69) is 0 Å². The van der Waals surface area contributed by atoms with Gasteiger partial charge < -0.3 is 10.2 Å². The molecule has 0 radical (unpaired) electrons. The van der Waals surface area contributed by atoms with Crippen LogP contribution in [0.15, 0.2) is 11.6 Å². The van der Waals surface area contributed by atoms with Crippen LogP contribution in [0, 0.1) is 5.92 Å². The molecule has 0 unspecified atom stereocenters. The lowest BCUT2D eigenvalue weighted by molar-refractivity contribution is -0.152. The number of hydrogen-bond acceptors (Lipinski definition) is 2. The van der Waals surface area contributed by atoms with E-state index in [0.717, 1.165) is 0 Å². The Morgan fingerprint density at radius 2 is 1.69 bits per heavy atom. The lowest BCUT2D eigenvalue weighted by atomic mass is 9.96. The topological polar surface area (TPSA) is 74.6 Å². The van der Waals surface area contributed by atoms with Gasteiger partial charge in [-0.2, -0.15) is 0 Å². The van der Waals surface area contributed by atoms with Gasteiger partial charge in [0, 0.05) is 0 Å². The van der Waals surface area contributed by atoms with E-state index in [9.17, 15) is 9.59 Å². The van der Waals surface area contributed by atoms with Crippen molar-refractivity contribution in [1.82, 2.24) is 0 Å². The molecular formula is C9H14O4. The molecule has 2 N–H and O–H groups in total. The van der Waals surface area contributed by atoms with Gasteiger partial charge in [0.1, 0.15) is 0 Å². The van der Waals surface area contributed by atoms with Crippen LogP contribution in [0.5, 0.6) is 0 Å². The zero-order valence-electron chi connectivity index (χ0n) is 7.78. The largest absolute Gasteiger partial charge is 0.480 e. The number of carbonyl (C=O) groups is 2. The molecule has 0 aromatic rings. The summed E-state index contributed by atoms with van der Waals surface area (Å²) in [6, 6.07) is 0. The molecule has 0 aliphatic heterocycles. The highest BCUT2D eigenvalue weighted by molar-refractivity contribution is 5.96. The molecule has 0 aromatic carbocycles. The van der Waals surface area contributed by atoms with Crippen molar-refractivity contribution in [3.8, 4) is 0 Å². The third kappa shape index (κ3) is 3.27. The van der Waals surface area contributed by atoms with Crippen LogP contribution in [0.3, 0.4) is 0 Å². The summed E-state index contributed by atoms with van der Waals surface area (Å²) in [6.07, 6.45) is 2.77. The van der Waals surface area contributed by atoms with Gasteiger partial charge in [-0.3, -0.25) is 9.59 Å². The Bertz CT molecular complexity index is 216. The first-order valence-corrected chi connectivity index (χ1v) is 4.19. The maximum Gasteiger partial charge on any atom is 0.322 e. The van der Waals surface area contributed by atoms with Crippen molar-refractivity contribution < 1.29 is 19.8 Å². The van der Waals surface area contributed by atoms with E-state index in [4.69, 9.17) is 10.2 Å². The number of carboxylic acids is 2. The van der Waals surface area contributed by atoms with Gasteiger partial charge in [-0.1, -0.05) is 19.9 Å². The average Bonchev–Trinajstić information content (AvgIpc) is 2.02. The lowest BCUT2D eigenvalue weighted by Crippen LogP contribution is -2.25. The minimum absolute atomic E-state index is 0.455. The highest BCUT2D eigenvalue weighted by Crippen LogP contribution is 2.16. The molecule has 0 atom stereocenters. The van der Waals surface area contributed by atoms with Gasteiger partial charge in [0.05, 0.1) is 0 Å². The van der Waals surface area contributed by atoms with Crippen LogP contribution in [0.1, 0.15) is 26.7 Å². The van der Waals surface area contributed by atoms with Crippen molar-refractivity contribution in [2.24, 2.45) is 5.92 Å². The van der Waals surface area contributed by atoms with Gasteiger partial charge in [0.25, 0.3) is 0 Å². The molecular weight excluding hydrogens is 172 g/mol. The Kier molecular flexibility index (Phi) is 4.80. The number of allylic oxidation sites excluding steroid dienone is 1. The van der Waals surface area contributed by atoms with E-state index in [-0.39, 0.29) is 0 Å². The monoisotopic (exact) mass is 186 g/mol. The third-order valence-corrected chi connectivity index (χ3v) is 1.74. The van der Waals surface area contributed by atoms with Gasteiger partial charge in [-0.15, -0.1) is 0 Å². The zero-order chi connectivity index (χ0) is 10.4. The minimum Gasteiger partial charge on any atom is -0.480 e. The molecule has 0 aliphatic carbocycles. The molecule has 13 heavy (non-hydrogen) atoms. The zero-order valence-corrected chi connectivity index (χ0v) is 7.78. The molecule has 4 nitrogen and oxygen atoms in total. The van der Waals surface area contributed by atoms with Crippen molar-refractivity contribution in [3.63, 3.8) is 0 Å². The molecule has 0 saturated heterocycles. The van der Waals surface area contributed by atoms with Gasteiger partial charge in [-0.05, 0) is 18.4 Å². The fraction of sp³-hybridized carbons (Fsp3) is 0.556. The Morgan fingerprint density at radius 1 is 1.23 bits per heavy atom. The van der Waals surface area contributed by atoms with Crippen molar-refractivity contribution in [3.05, 3.63) is 11.6 Å². The summed E-state index contributed by atoms with van der Waals surface area (Å²) in [5, 5.41) is 17.3. The van der Waals surface area contributed by atoms with Crippen LogP contribution in [-0.4, -0.2) is 22.2 Å². The molecule has 0 saturated carbocycles. The summed E-state index contributed by atoms with van der Waals surface area (Å²) in [5.74, 6) is -3.98. The lowest BCUT2D eigenvalue weighted by Gasteiger charge is -2.09. The van der Waals surface area contributed by atoms with Gasteiger partial charge >= 0.3 is 11.9 Å². The van der Waals surface area contributed by atoms with Gasteiger partial charge in [0.15, 0.2) is 5.92 Å². The summed E-state index contributed by atoms with van der Waals surface area (Å²) in [5.41, 5.74) is 0.461. The highest BCUT2D eigenvalue weighted by Gasteiger charge is 2.28. The smallest absolute Gasteiger partial charge is 0.322 e. The molecule has 4 heteroatoms. The maximum atomic E-state index is 10.6. The van der Waals surface area contributed by atoms with Crippen LogP contribution in [0.2, 0.25) is 0 Å². The van der Waals surface area contributed by atoms with Crippen LogP contribution < -0.4 is 0 Å². The molecule has 0 spiro atoms. The Hall–Kier alpha value is -1.32. The van der Waals surface area contributed by atoms with Crippen molar-refractivity contribution in [1.29, 1.82) is 0 Å². The predicted octanol–water partition coefficient (Wildman–Crippen LogP) is 1.52. The predicted molar refractivity (Wildman–Crippen MR) is 47.4 cm³/mol. The average molecular weight is 186 g/mol. The third-order valence-electron chi connectivity index (χ3n) is 1.74. The number of hydrogen-bond donors (Lipinski definition) is 2. The highest BCUT2D eigenvalue weighted by atomic mass is 16.4. The molecule has 0 heterocycles. The quantitative estimate of drug-likeness (QED) is 0.504. The van der Waals surface area contributed by atoms with Crippen molar-refractivity contribution in [2.45, 2.75) is 26.7 Å². The van der Waals surface area contributed by atoms with E-state index in [1.807, 2.05) is 6.92 Å². The standard InChI is InChI=1S/C9H14O4/c1-3-5-6(4-2)7(8(10)11)9(12)13/h5,7H,3-4H2,1-2H3,(H,10,11)(H,12,13). The van der Waals surface area contributed by atoms with E-state index in [0.29, 0.717) is 18.4 Å². The number of carboxylic acid groups (broad SMARTS) is 2. The second-order valence-corrected chi connectivity index (χ2v) is 2.65. The van der Waals surface area contributed by atoms with Crippen molar-refractivity contribution >= 4 is 11.9 Å². The summed E-state index contributed by atoms with van der Waals surface area (Å²) < 4.78 is 0. The molecule has 0 fully saturated rings. The van der Waals surface area contributed by atoms with Crippen LogP contribution in [0.25, 0.3) is 0 Å². The summed E-state index contributed by atoms with van der Waals surface area (Å²) >= 11 is 0. The maximum absolute atomic E-state index is 10.6. The Morgan fingerprint density at radius 3 is 1.92 bits per heavy atom. The van der Waals surface area contributed by atoms with Crippen LogP contribution >= 0.6 is 0 Å². The number of rotatable bonds is 5. The summed E-state index contributed by atoms with van der Waals surface area (Å²) in [7, 11) is 0. The van der Waals surface area contributed by atoms with E-state index in [1.165, 1.54) is 0 Å². The van der Waals surface area contributed by atoms with Gasteiger partial charge in [-0.25, -0.2) is 0 Å². The summed E-state index contributed by atoms with van der Waals surface area (Å²) in [6.45, 7) is 3.59. The van der Waals surface area contributed by atoms with E-state index < -0.39 is 17.9 Å². The van der Waals surface area contributed by atoms with Gasteiger partial charge in [0.2, 0.25) is 0 Å². The SMILES string of the molecule is CCC=C(CC)C(C(=O)O)C(=O)O.